The van der Waals surface area contributed by atoms with Gasteiger partial charge in [-0.3, -0.25) is 14.5 Å². The number of nitrogens with zero attached hydrogens (tertiary/aromatic N) is 2. The van der Waals surface area contributed by atoms with E-state index in [9.17, 15) is 9.59 Å². The number of allylic oxidation sites excluding steroid dienone is 1. The minimum absolute atomic E-state index is 0.0828. The summed E-state index contributed by atoms with van der Waals surface area (Å²) in [4.78, 5) is 28.5. The Bertz CT molecular complexity index is 689. The molecule has 1 aromatic carbocycles. The smallest absolute Gasteiger partial charge is 0.260 e. The number of carbonyl (C=O) groups excluding carboxylic acids is 2. The van der Waals surface area contributed by atoms with Crippen molar-refractivity contribution in [2.45, 2.75) is 12.3 Å². The van der Waals surface area contributed by atoms with Crippen LogP contribution >= 0.6 is 0 Å². The van der Waals surface area contributed by atoms with E-state index in [-0.39, 0.29) is 17.7 Å². The summed E-state index contributed by atoms with van der Waals surface area (Å²) in [5.41, 5.74) is 3.83. The van der Waals surface area contributed by atoms with Crippen LogP contribution in [0.3, 0.4) is 0 Å². The molecule has 0 aromatic heterocycles. The molecule has 1 aromatic rings. The molecule has 2 amide bonds. The lowest BCUT2D eigenvalue weighted by molar-refractivity contribution is -0.129. The summed E-state index contributed by atoms with van der Waals surface area (Å²) in [7, 11) is 1.58. The van der Waals surface area contributed by atoms with E-state index in [1.165, 1.54) is 4.90 Å². The van der Waals surface area contributed by atoms with Gasteiger partial charge >= 0.3 is 0 Å². The van der Waals surface area contributed by atoms with Crippen molar-refractivity contribution in [2.75, 3.05) is 38.1 Å². The van der Waals surface area contributed by atoms with Crippen LogP contribution in [0.5, 0.6) is 0 Å². The van der Waals surface area contributed by atoms with Gasteiger partial charge in [0.05, 0.1) is 5.92 Å². The van der Waals surface area contributed by atoms with E-state index in [1.54, 1.807) is 7.05 Å². The average molecular weight is 297 g/mol. The van der Waals surface area contributed by atoms with Crippen molar-refractivity contribution in [3.8, 4) is 0 Å². The number of imide groups is 1. The quantitative estimate of drug-likeness (QED) is 0.792. The van der Waals surface area contributed by atoms with Crippen molar-refractivity contribution in [2.24, 2.45) is 0 Å². The predicted molar refractivity (Wildman–Crippen MR) is 85.0 cm³/mol. The molecule has 2 heterocycles. The lowest BCUT2D eigenvalue weighted by Gasteiger charge is -2.37. The first-order valence-electron chi connectivity index (χ1n) is 7.79. The lowest BCUT2D eigenvalue weighted by Crippen LogP contribution is -2.45. The van der Waals surface area contributed by atoms with E-state index in [4.69, 9.17) is 0 Å². The van der Waals surface area contributed by atoms with Crippen LogP contribution in [0.2, 0.25) is 0 Å². The summed E-state index contributed by atoms with van der Waals surface area (Å²) in [5.74, 6) is -0.471. The zero-order valence-corrected chi connectivity index (χ0v) is 12.6. The number of benzene rings is 1. The molecule has 1 N–H and O–H groups in total. The summed E-state index contributed by atoms with van der Waals surface area (Å²) in [6.07, 6.45) is 4.82. The number of piperazine rings is 1. The molecule has 1 aliphatic carbocycles. The third-order valence-electron chi connectivity index (χ3n) is 4.89. The number of hydrogen-bond acceptors (Lipinski definition) is 4. The highest BCUT2D eigenvalue weighted by molar-refractivity contribution is 6.13. The normalized spacial score (nSPS) is 23.8. The van der Waals surface area contributed by atoms with Crippen LogP contribution in [0.15, 0.2) is 18.2 Å². The van der Waals surface area contributed by atoms with Gasteiger partial charge in [0.15, 0.2) is 0 Å². The summed E-state index contributed by atoms with van der Waals surface area (Å²) in [6, 6.07) is 3.93. The number of amides is 2. The molecule has 0 radical (unpaired) electrons. The van der Waals surface area contributed by atoms with Gasteiger partial charge in [0.25, 0.3) is 5.91 Å². The van der Waals surface area contributed by atoms with E-state index in [0.717, 1.165) is 43.0 Å². The number of carbonyl (C=O) groups is 2. The zero-order chi connectivity index (χ0) is 15.3. The van der Waals surface area contributed by atoms with Crippen LogP contribution < -0.4 is 10.2 Å². The molecule has 0 saturated carbocycles. The zero-order valence-electron chi connectivity index (χ0n) is 12.6. The number of nitrogens with one attached hydrogen (secondary N) is 1. The molecular weight excluding hydrogens is 278 g/mol. The van der Waals surface area contributed by atoms with Crippen LogP contribution in [0.25, 0.3) is 6.08 Å². The Hall–Kier alpha value is -2.14. The Labute approximate surface area is 129 Å². The average Bonchev–Trinajstić information content (AvgIpc) is 2.58. The first kappa shape index (κ1) is 13.5. The lowest BCUT2D eigenvalue weighted by atomic mass is 9.79. The molecule has 5 heteroatoms. The van der Waals surface area contributed by atoms with Gasteiger partial charge in [0, 0.05) is 50.0 Å². The van der Waals surface area contributed by atoms with E-state index in [1.807, 2.05) is 12.1 Å². The minimum Gasteiger partial charge on any atom is -0.368 e. The largest absolute Gasteiger partial charge is 0.368 e. The third-order valence-corrected chi connectivity index (χ3v) is 4.89. The van der Waals surface area contributed by atoms with Gasteiger partial charge in [-0.25, -0.2) is 0 Å². The molecule has 1 fully saturated rings. The highest BCUT2D eigenvalue weighted by Gasteiger charge is 2.39. The SMILES string of the molecule is CN1C(=O)c2ccc(N3CCNCC3)c3c2C(CC=C3)C1=O. The summed E-state index contributed by atoms with van der Waals surface area (Å²) in [6.45, 7) is 3.83. The van der Waals surface area contributed by atoms with Crippen molar-refractivity contribution in [1.82, 2.24) is 10.2 Å². The molecule has 2 aliphatic heterocycles. The van der Waals surface area contributed by atoms with E-state index in [0.29, 0.717) is 12.0 Å². The fourth-order valence-corrected chi connectivity index (χ4v) is 3.72. The second kappa shape index (κ2) is 4.95. The molecule has 5 nitrogen and oxygen atoms in total. The number of rotatable bonds is 1. The van der Waals surface area contributed by atoms with E-state index < -0.39 is 0 Å². The molecule has 1 saturated heterocycles. The Kier molecular flexibility index (Phi) is 3.04. The second-order valence-electron chi connectivity index (χ2n) is 6.09. The van der Waals surface area contributed by atoms with Crippen LogP contribution in [0, 0.1) is 0 Å². The van der Waals surface area contributed by atoms with Gasteiger partial charge < -0.3 is 10.2 Å². The maximum absolute atomic E-state index is 12.5. The van der Waals surface area contributed by atoms with Gasteiger partial charge in [-0.2, -0.15) is 0 Å². The Morgan fingerprint density at radius 1 is 1.18 bits per heavy atom. The second-order valence-corrected chi connectivity index (χ2v) is 6.09. The highest BCUT2D eigenvalue weighted by Crippen LogP contribution is 2.41. The van der Waals surface area contributed by atoms with Crippen LogP contribution in [-0.2, 0) is 4.79 Å². The monoisotopic (exact) mass is 297 g/mol. The first-order valence-corrected chi connectivity index (χ1v) is 7.79. The van der Waals surface area contributed by atoms with Crippen molar-refractivity contribution in [3.05, 3.63) is 34.9 Å². The standard InChI is InChI=1S/C17H19N3O2/c1-19-16(21)12-4-2-3-11-14(20-9-7-18-8-10-20)6-5-13(15(11)12)17(19)22/h2-3,5-6,12,18H,4,7-10H2,1H3. The molecule has 22 heavy (non-hydrogen) atoms. The van der Waals surface area contributed by atoms with Gasteiger partial charge in [0.2, 0.25) is 5.91 Å². The number of anilines is 1. The Morgan fingerprint density at radius 3 is 2.73 bits per heavy atom. The molecule has 3 aliphatic rings. The number of likely N-dealkylation sites (N-methyl/N-ethyl adjacent to an activating group) is 1. The van der Waals surface area contributed by atoms with Gasteiger partial charge in [0.1, 0.15) is 0 Å². The summed E-state index contributed by atoms with van der Waals surface area (Å²) in [5, 5.41) is 3.35. The van der Waals surface area contributed by atoms with Gasteiger partial charge in [-0.1, -0.05) is 12.2 Å². The maximum atomic E-state index is 12.5. The predicted octanol–water partition coefficient (Wildman–Crippen LogP) is 1.21. The molecular formula is C17H19N3O2. The Morgan fingerprint density at radius 2 is 1.95 bits per heavy atom. The van der Waals surface area contributed by atoms with Crippen molar-refractivity contribution >= 4 is 23.6 Å². The van der Waals surface area contributed by atoms with Crippen LogP contribution in [0.1, 0.15) is 33.8 Å². The fourth-order valence-electron chi connectivity index (χ4n) is 3.72. The van der Waals surface area contributed by atoms with Crippen molar-refractivity contribution in [1.29, 1.82) is 0 Å². The Balaban J connectivity index is 1.88. The molecule has 0 bridgehead atoms. The maximum Gasteiger partial charge on any atom is 0.260 e. The van der Waals surface area contributed by atoms with Gasteiger partial charge in [-0.05, 0) is 24.1 Å². The first-order chi connectivity index (χ1) is 10.7. The van der Waals surface area contributed by atoms with Gasteiger partial charge in [-0.15, -0.1) is 0 Å². The van der Waals surface area contributed by atoms with E-state index in [2.05, 4.69) is 22.4 Å². The number of hydrogen-bond donors (Lipinski definition) is 1. The van der Waals surface area contributed by atoms with Crippen LogP contribution in [0.4, 0.5) is 5.69 Å². The molecule has 114 valence electrons. The summed E-state index contributed by atoms with van der Waals surface area (Å²) >= 11 is 0. The van der Waals surface area contributed by atoms with E-state index >= 15 is 0 Å². The third kappa shape index (κ3) is 1.82. The topological polar surface area (TPSA) is 52.7 Å². The molecule has 0 spiro atoms. The minimum atomic E-state index is -0.208. The molecule has 4 rings (SSSR count). The molecule has 1 atom stereocenters. The highest BCUT2D eigenvalue weighted by atomic mass is 16.2. The van der Waals surface area contributed by atoms with Crippen molar-refractivity contribution < 1.29 is 9.59 Å². The molecule has 1 unspecified atom stereocenters. The van der Waals surface area contributed by atoms with Crippen LogP contribution in [-0.4, -0.2) is 49.9 Å². The summed E-state index contributed by atoms with van der Waals surface area (Å²) < 4.78 is 0. The van der Waals surface area contributed by atoms with Crippen molar-refractivity contribution in [3.63, 3.8) is 0 Å². The fraction of sp³-hybridized carbons (Fsp3) is 0.412.